The van der Waals surface area contributed by atoms with Gasteiger partial charge in [0.05, 0.1) is 0 Å². The molecule has 0 aromatic heterocycles. The van der Waals surface area contributed by atoms with Crippen LogP contribution in [0.4, 0.5) is 4.39 Å². The van der Waals surface area contributed by atoms with Crippen LogP contribution in [0.2, 0.25) is 0 Å². The van der Waals surface area contributed by atoms with Gasteiger partial charge in [0, 0.05) is 31.0 Å². The van der Waals surface area contributed by atoms with Crippen LogP contribution in [-0.4, -0.2) is 23.9 Å². The molecule has 19 heavy (non-hydrogen) atoms. The molecule has 5 nitrogen and oxygen atoms in total. The first kappa shape index (κ1) is 13.4. The number of rotatable bonds is 4. The molecule has 1 aromatic carbocycles. The number of aryl methyl sites for hydroxylation is 1. The van der Waals surface area contributed by atoms with Crippen molar-refractivity contribution in [3.8, 4) is 0 Å². The fourth-order valence-electron chi connectivity index (χ4n) is 2.40. The molecule has 1 aliphatic heterocycles. The monoisotopic (exact) mass is 262 g/mol. The highest BCUT2D eigenvalue weighted by atomic mass is 19.1. The van der Waals surface area contributed by atoms with Crippen LogP contribution in [0, 0.1) is 18.7 Å². The number of amides is 1. The van der Waals surface area contributed by atoms with Gasteiger partial charge in [-0.1, -0.05) is 11.2 Å². The second-order valence-electron chi connectivity index (χ2n) is 4.89. The van der Waals surface area contributed by atoms with Gasteiger partial charge in [-0.25, -0.2) is 4.39 Å². The van der Waals surface area contributed by atoms with Crippen molar-refractivity contribution in [1.82, 2.24) is 4.90 Å². The summed E-state index contributed by atoms with van der Waals surface area (Å²) < 4.78 is 13.3. The van der Waals surface area contributed by atoms with Gasteiger partial charge >= 0.3 is 0 Å². The lowest BCUT2D eigenvalue weighted by atomic mass is 10.1. The van der Waals surface area contributed by atoms with Crippen molar-refractivity contribution in [2.45, 2.75) is 19.9 Å². The van der Waals surface area contributed by atoms with E-state index in [1.54, 1.807) is 4.90 Å². The molecule has 1 aromatic rings. The third-order valence-corrected chi connectivity index (χ3v) is 3.17. The van der Waals surface area contributed by atoms with E-state index >= 15 is 0 Å². The first-order valence-electron chi connectivity index (χ1n) is 6.13. The molecule has 1 saturated heterocycles. The SMILES string of the molecule is Cc1cc(F)cc(CN2CC(CN=[N+]=[N-])CC2=O)c1. The van der Waals surface area contributed by atoms with Gasteiger partial charge in [0.15, 0.2) is 0 Å². The molecule has 2 rings (SSSR count). The lowest BCUT2D eigenvalue weighted by Crippen LogP contribution is -2.25. The minimum Gasteiger partial charge on any atom is -0.338 e. The fourth-order valence-corrected chi connectivity index (χ4v) is 2.40. The van der Waals surface area contributed by atoms with Gasteiger partial charge in [0.1, 0.15) is 5.82 Å². The number of halogens is 1. The summed E-state index contributed by atoms with van der Waals surface area (Å²) in [5, 5.41) is 3.50. The molecule has 1 heterocycles. The van der Waals surface area contributed by atoms with Crippen molar-refractivity contribution in [2.24, 2.45) is 11.0 Å². The van der Waals surface area contributed by atoms with Crippen molar-refractivity contribution < 1.29 is 9.18 Å². The van der Waals surface area contributed by atoms with E-state index in [1.165, 1.54) is 12.1 Å². The molecule has 1 atom stereocenters. The van der Waals surface area contributed by atoms with Gasteiger partial charge in [-0.2, -0.15) is 0 Å². The number of benzene rings is 1. The zero-order valence-corrected chi connectivity index (χ0v) is 10.7. The average molecular weight is 262 g/mol. The van der Waals surface area contributed by atoms with Crippen LogP contribution in [0.1, 0.15) is 17.5 Å². The molecule has 1 aliphatic rings. The summed E-state index contributed by atoms with van der Waals surface area (Å²) >= 11 is 0. The standard InChI is InChI=1S/C13H15FN4O/c1-9-2-10(4-12(14)3-9)7-18-8-11(5-13(18)19)6-16-17-15/h2-4,11H,5-8H2,1H3. The Morgan fingerprint density at radius 2 is 2.32 bits per heavy atom. The van der Waals surface area contributed by atoms with E-state index in [4.69, 9.17) is 5.53 Å². The summed E-state index contributed by atoms with van der Waals surface area (Å²) in [6, 6.07) is 4.78. The minimum absolute atomic E-state index is 0.0278. The Morgan fingerprint density at radius 3 is 3.00 bits per heavy atom. The summed E-state index contributed by atoms with van der Waals surface area (Å²) in [7, 11) is 0. The molecule has 0 bridgehead atoms. The zero-order valence-electron chi connectivity index (χ0n) is 10.7. The molecule has 1 amide bonds. The quantitative estimate of drug-likeness (QED) is 0.467. The van der Waals surface area contributed by atoms with Gasteiger partial charge in [0.2, 0.25) is 5.91 Å². The van der Waals surface area contributed by atoms with Gasteiger partial charge in [-0.3, -0.25) is 4.79 Å². The second kappa shape index (κ2) is 5.71. The Balaban J connectivity index is 2.03. The van der Waals surface area contributed by atoms with E-state index < -0.39 is 0 Å². The lowest BCUT2D eigenvalue weighted by Gasteiger charge is -2.16. The Labute approximate surface area is 110 Å². The second-order valence-corrected chi connectivity index (χ2v) is 4.89. The van der Waals surface area contributed by atoms with E-state index in [9.17, 15) is 9.18 Å². The van der Waals surface area contributed by atoms with Crippen LogP contribution >= 0.6 is 0 Å². The van der Waals surface area contributed by atoms with Gasteiger partial charge in [-0.05, 0) is 41.6 Å². The first-order chi connectivity index (χ1) is 9.08. The van der Waals surface area contributed by atoms with Crippen LogP contribution in [-0.2, 0) is 11.3 Å². The van der Waals surface area contributed by atoms with Crippen molar-refractivity contribution in [3.05, 3.63) is 45.6 Å². The molecule has 0 spiro atoms. The van der Waals surface area contributed by atoms with E-state index in [1.807, 2.05) is 13.0 Å². The molecule has 0 saturated carbocycles. The molecular weight excluding hydrogens is 247 g/mol. The zero-order chi connectivity index (χ0) is 13.8. The van der Waals surface area contributed by atoms with Crippen LogP contribution in [0.15, 0.2) is 23.3 Å². The molecule has 6 heteroatoms. The van der Waals surface area contributed by atoms with E-state index in [0.717, 1.165) is 11.1 Å². The third kappa shape index (κ3) is 3.45. The maximum absolute atomic E-state index is 13.3. The summed E-state index contributed by atoms with van der Waals surface area (Å²) in [4.78, 5) is 16.2. The number of carbonyl (C=O) groups excluding carboxylic acids is 1. The Kier molecular flexibility index (Phi) is 4.02. The number of hydrogen-bond acceptors (Lipinski definition) is 2. The molecule has 0 aliphatic carbocycles. The highest BCUT2D eigenvalue weighted by molar-refractivity contribution is 5.78. The van der Waals surface area contributed by atoms with Crippen molar-refractivity contribution in [1.29, 1.82) is 0 Å². The molecule has 100 valence electrons. The summed E-state index contributed by atoms with van der Waals surface area (Å²) in [5.41, 5.74) is 9.90. The van der Waals surface area contributed by atoms with Gasteiger partial charge in [0.25, 0.3) is 0 Å². The summed E-state index contributed by atoms with van der Waals surface area (Å²) in [6.45, 7) is 3.13. The minimum atomic E-state index is -0.285. The van der Waals surface area contributed by atoms with Crippen LogP contribution in [0.3, 0.4) is 0 Å². The number of likely N-dealkylation sites (tertiary alicyclic amines) is 1. The van der Waals surface area contributed by atoms with E-state index in [2.05, 4.69) is 10.0 Å². The highest BCUT2D eigenvalue weighted by Gasteiger charge is 2.28. The first-order valence-corrected chi connectivity index (χ1v) is 6.13. The van der Waals surface area contributed by atoms with Crippen molar-refractivity contribution >= 4 is 5.91 Å². The summed E-state index contributed by atoms with van der Waals surface area (Å²) in [5.74, 6) is -0.189. The van der Waals surface area contributed by atoms with Crippen molar-refractivity contribution in [2.75, 3.05) is 13.1 Å². The Hall–Kier alpha value is -2.07. The van der Waals surface area contributed by atoms with Crippen LogP contribution in [0.25, 0.3) is 10.4 Å². The molecule has 0 radical (unpaired) electrons. The van der Waals surface area contributed by atoms with Crippen molar-refractivity contribution in [3.63, 3.8) is 0 Å². The number of azide groups is 1. The number of hydrogen-bond donors (Lipinski definition) is 0. The largest absolute Gasteiger partial charge is 0.338 e. The molecule has 0 N–H and O–H groups in total. The third-order valence-electron chi connectivity index (χ3n) is 3.17. The lowest BCUT2D eigenvalue weighted by molar-refractivity contribution is -0.128. The van der Waals surface area contributed by atoms with E-state index in [-0.39, 0.29) is 17.6 Å². The maximum Gasteiger partial charge on any atom is 0.223 e. The average Bonchev–Trinajstić information content (AvgIpc) is 2.66. The molecular formula is C13H15FN4O. The number of carbonyl (C=O) groups is 1. The predicted octanol–water partition coefficient (Wildman–Crippen LogP) is 2.79. The summed E-state index contributed by atoms with van der Waals surface area (Å²) in [6.07, 6.45) is 0.396. The van der Waals surface area contributed by atoms with Crippen LogP contribution in [0.5, 0.6) is 0 Å². The molecule has 1 fully saturated rings. The van der Waals surface area contributed by atoms with E-state index in [0.29, 0.717) is 26.1 Å². The smallest absolute Gasteiger partial charge is 0.223 e. The molecule has 1 unspecified atom stereocenters. The Morgan fingerprint density at radius 1 is 1.53 bits per heavy atom. The topological polar surface area (TPSA) is 69.1 Å². The maximum atomic E-state index is 13.3. The Bertz CT molecular complexity index is 519. The van der Waals surface area contributed by atoms with Gasteiger partial charge < -0.3 is 4.90 Å². The fraction of sp³-hybridized carbons (Fsp3) is 0.462. The van der Waals surface area contributed by atoms with Crippen LogP contribution < -0.4 is 0 Å². The predicted molar refractivity (Wildman–Crippen MR) is 68.7 cm³/mol. The number of nitrogens with zero attached hydrogens (tertiary/aromatic N) is 4. The normalized spacial score (nSPS) is 18.5. The van der Waals surface area contributed by atoms with Gasteiger partial charge in [-0.15, -0.1) is 0 Å². The highest BCUT2D eigenvalue weighted by Crippen LogP contribution is 2.21.